The second kappa shape index (κ2) is 6.26. The van der Waals surface area contributed by atoms with Gasteiger partial charge in [0, 0.05) is 22.7 Å². The maximum atomic E-state index is 5.87. The lowest BCUT2D eigenvalue weighted by Gasteiger charge is -2.24. The Kier molecular flexibility index (Phi) is 5.29. The molecule has 0 aliphatic heterocycles. The van der Waals surface area contributed by atoms with E-state index in [0.29, 0.717) is 6.04 Å². The molecule has 0 aliphatic rings. The SMILES string of the molecule is CCCC(C)N(C)Cc1ccc(Br)c(N)c1. The average molecular weight is 285 g/mol. The summed E-state index contributed by atoms with van der Waals surface area (Å²) in [5, 5.41) is 0. The van der Waals surface area contributed by atoms with Crippen molar-refractivity contribution < 1.29 is 0 Å². The van der Waals surface area contributed by atoms with Crippen LogP contribution in [0.4, 0.5) is 5.69 Å². The molecule has 1 rings (SSSR count). The molecular formula is C13H21BrN2. The van der Waals surface area contributed by atoms with Crippen LogP contribution in [0.5, 0.6) is 0 Å². The van der Waals surface area contributed by atoms with Crippen molar-refractivity contribution in [2.75, 3.05) is 12.8 Å². The topological polar surface area (TPSA) is 29.3 Å². The molecule has 16 heavy (non-hydrogen) atoms. The molecule has 0 bridgehead atoms. The zero-order valence-corrected chi connectivity index (χ0v) is 11.9. The fraction of sp³-hybridized carbons (Fsp3) is 0.538. The van der Waals surface area contributed by atoms with Gasteiger partial charge in [0.15, 0.2) is 0 Å². The van der Waals surface area contributed by atoms with Gasteiger partial charge in [-0.1, -0.05) is 19.4 Å². The van der Waals surface area contributed by atoms with Crippen molar-refractivity contribution in [3.63, 3.8) is 0 Å². The van der Waals surface area contributed by atoms with Gasteiger partial charge in [-0.3, -0.25) is 4.90 Å². The lowest BCUT2D eigenvalue weighted by Crippen LogP contribution is -2.28. The van der Waals surface area contributed by atoms with Crippen LogP contribution in [-0.4, -0.2) is 18.0 Å². The van der Waals surface area contributed by atoms with Gasteiger partial charge in [-0.2, -0.15) is 0 Å². The third-order valence-corrected chi connectivity index (χ3v) is 3.67. The Morgan fingerprint density at radius 3 is 2.69 bits per heavy atom. The zero-order chi connectivity index (χ0) is 12.1. The molecule has 1 unspecified atom stereocenters. The largest absolute Gasteiger partial charge is 0.398 e. The van der Waals surface area contributed by atoms with Crippen LogP contribution in [0.2, 0.25) is 0 Å². The monoisotopic (exact) mass is 284 g/mol. The van der Waals surface area contributed by atoms with Crippen LogP contribution in [0, 0.1) is 0 Å². The number of anilines is 1. The summed E-state index contributed by atoms with van der Waals surface area (Å²) in [7, 11) is 2.17. The van der Waals surface area contributed by atoms with Crippen LogP contribution in [0.25, 0.3) is 0 Å². The molecule has 2 N–H and O–H groups in total. The Morgan fingerprint density at radius 2 is 2.12 bits per heavy atom. The lowest BCUT2D eigenvalue weighted by atomic mass is 10.1. The maximum Gasteiger partial charge on any atom is 0.0461 e. The molecule has 0 radical (unpaired) electrons. The van der Waals surface area contributed by atoms with Crippen LogP contribution in [0.15, 0.2) is 22.7 Å². The molecule has 0 heterocycles. The number of halogens is 1. The molecule has 1 aromatic carbocycles. The van der Waals surface area contributed by atoms with Crippen LogP contribution < -0.4 is 5.73 Å². The molecule has 0 fully saturated rings. The molecule has 3 heteroatoms. The average Bonchev–Trinajstić information content (AvgIpc) is 2.24. The third kappa shape index (κ3) is 3.80. The Morgan fingerprint density at radius 1 is 1.44 bits per heavy atom. The Labute approximate surface area is 107 Å². The summed E-state index contributed by atoms with van der Waals surface area (Å²) in [6.07, 6.45) is 2.47. The summed E-state index contributed by atoms with van der Waals surface area (Å²) in [6.45, 7) is 5.45. The van der Waals surface area contributed by atoms with Gasteiger partial charge in [-0.25, -0.2) is 0 Å². The molecule has 90 valence electrons. The number of nitrogens with zero attached hydrogens (tertiary/aromatic N) is 1. The first kappa shape index (κ1) is 13.5. The molecule has 2 nitrogen and oxygen atoms in total. The van der Waals surface area contributed by atoms with E-state index in [1.54, 1.807) is 0 Å². The van der Waals surface area contributed by atoms with Crippen LogP contribution in [-0.2, 0) is 6.54 Å². The Balaban J connectivity index is 2.62. The van der Waals surface area contributed by atoms with E-state index in [4.69, 9.17) is 5.73 Å². The van der Waals surface area contributed by atoms with Gasteiger partial charge in [0.2, 0.25) is 0 Å². The smallest absolute Gasteiger partial charge is 0.0461 e. The van der Waals surface area contributed by atoms with Crippen molar-refractivity contribution in [3.05, 3.63) is 28.2 Å². The predicted octanol–water partition coefficient (Wildman–Crippen LogP) is 3.65. The highest BCUT2D eigenvalue weighted by Crippen LogP contribution is 2.21. The molecular weight excluding hydrogens is 264 g/mol. The minimum atomic E-state index is 0.620. The summed E-state index contributed by atoms with van der Waals surface area (Å²) < 4.78 is 0.973. The first-order chi connectivity index (χ1) is 7.54. The molecule has 0 saturated heterocycles. The van der Waals surface area contributed by atoms with E-state index in [1.165, 1.54) is 18.4 Å². The standard InChI is InChI=1S/C13H21BrN2/c1-4-5-10(2)16(3)9-11-6-7-12(14)13(15)8-11/h6-8,10H,4-5,9,15H2,1-3H3. The van der Waals surface area contributed by atoms with E-state index in [9.17, 15) is 0 Å². The summed E-state index contributed by atoms with van der Waals surface area (Å²) >= 11 is 3.41. The van der Waals surface area contributed by atoms with Gasteiger partial charge in [-0.15, -0.1) is 0 Å². The molecule has 0 amide bonds. The number of hydrogen-bond acceptors (Lipinski definition) is 2. The predicted molar refractivity (Wildman–Crippen MR) is 74.4 cm³/mol. The molecule has 0 saturated carbocycles. The van der Waals surface area contributed by atoms with Gasteiger partial charge in [0.1, 0.15) is 0 Å². The number of benzene rings is 1. The summed E-state index contributed by atoms with van der Waals surface area (Å²) in [6, 6.07) is 6.80. The first-order valence-electron chi connectivity index (χ1n) is 5.78. The molecule has 1 atom stereocenters. The van der Waals surface area contributed by atoms with E-state index in [0.717, 1.165) is 16.7 Å². The summed E-state index contributed by atoms with van der Waals surface area (Å²) in [5.74, 6) is 0. The van der Waals surface area contributed by atoms with E-state index in [1.807, 2.05) is 12.1 Å². The second-order valence-electron chi connectivity index (χ2n) is 4.41. The van der Waals surface area contributed by atoms with E-state index in [2.05, 4.69) is 47.8 Å². The Hall–Kier alpha value is -0.540. The van der Waals surface area contributed by atoms with E-state index >= 15 is 0 Å². The highest BCUT2D eigenvalue weighted by molar-refractivity contribution is 9.10. The Bertz CT molecular complexity index is 339. The van der Waals surface area contributed by atoms with Gasteiger partial charge in [0.05, 0.1) is 0 Å². The highest BCUT2D eigenvalue weighted by Gasteiger charge is 2.08. The molecule has 1 aromatic rings. The minimum Gasteiger partial charge on any atom is -0.398 e. The van der Waals surface area contributed by atoms with E-state index < -0.39 is 0 Å². The number of nitrogen functional groups attached to an aromatic ring is 1. The zero-order valence-electron chi connectivity index (χ0n) is 10.3. The fourth-order valence-electron chi connectivity index (χ4n) is 1.77. The van der Waals surface area contributed by atoms with Crippen LogP contribution >= 0.6 is 15.9 Å². The van der Waals surface area contributed by atoms with Gasteiger partial charge >= 0.3 is 0 Å². The van der Waals surface area contributed by atoms with Crippen molar-refractivity contribution in [1.82, 2.24) is 4.90 Å². The van der Waals surface area contributed by atoms with E-state index in [-0.39, 0.29) is 0 Å². The summed E-state index contributed by atoms with van der Waals surface area (Å²) in [4.78, 5) is 2.37. The lowest BCUT2D eigenvalue weighted by molar-refractivity contribution is 0.237. The first-order valence-corrected chi connectivity index (χ1v) is 6.58. The highest BCUT2D eigenvalue weighted by atomic mass is 79.9. The third-order valence-electron chi connectivity index (χ3n) is 2.95. The quantitative estimate of drug-likeness (QED) is 0.837. The normalized spacial score (nSPS) is 13.1. The van der Waals surface area contributed by atoms with Gasteiger partial charge in [-0.05, 0) is 54.0 Å². The van der Waals surface area contributed by atoms with Crippen molar-refractivity contribution in [2.24, 2.45) is 0 Å². The molecule has 0 aliphatic carbocycles. The van der Waals surface area contributed by atoms with Crippen molar-refractivity contribution in [2.45, 2.75) is 39.3 Å². The number of nitrogens with two attached hydrogens (primary N) is 1. The molecule has 0 aromatic heterocycles. The fourth-order valence-corrected chi connectivity index (χ4v) is 2.02. The van der Waals surface area contributed by atoms with Gasteiger partial charge < -0.3 is 5.73 Å². The second-order valence-corrected chi connectivity index (χ2v) is 5.26. The van der Waals surface area contributed by atoms with Crippen LogP contribution in [0.3, 0.4) is 0 Å². The number of rotatable bonds is 5. The van der Waals surface area contributed by atoms with Crippen LogP contribution in [0.1, 0.15) is 32.3 Å². The number of hydrogen-bond donors (Lipinski definition) is 1. The van der Waals surface area contributed by atoms with Crippen molar-refractivity contribution in [1.29, 1.82) is 0 Å². The van der Waals surface area contributed by atoms with Crippen molar-refractivity contribution >= 4 is 21.6 Å². The van der Waals surface area contributed by atoms with Crippen molar-refractivity contribution in [3.8, 4) is 0 Å². The summed E-state index contributed by atoms with van der Waals surface area (Å²) in [5.41, 5.74) is 7.95. The molecule has 0 spiro atoms. The maximum absolute atomic E-state index is 5.87. The van der Waals surface area contributed by atoms with Gasteiger partial charge in [0.25, 0.3) is 0 Å². The minimum absolute atomic E-state index is 0.620.